The normalized spacial score (nSPS) is 11.6. The molecule has 0 aromatic heterocycles. The Balaban J connectivity index is 3.33. The van der Waals surface area contributed by atoms with Crippen molar-refractivity contribution in [2.75, 3.05) is 6.26 Å². The van der Waals surface area contributed by atoms with Crippen LogP contribution in [0.2, 0.25) is 0 Å². The largest absolute Gasteiger partial charge is 0.224 e. The Hall–Kier alpha value is -0.610. The quantitative estimate of drug-likeness (QED) is 0.717. The monoisotopic (exact) mass is 222 g/mol. The SMILES string of the molecule is CS(=O)(=O)c1cc(F)cc(CCl)c1. The fourth-order valence-corrected chi connectivity index (χ4v) is 1.76. The van der Waals surface area contributed by atoms with Crippen LogP contribution in [0.4, 0.5) is 4.39 Å². The van der Waals surface area contributed by atoms with E-state index in [2.05, 4.69) is 0 Å². The molecule has 0 radical (unpaired) electrons. The van der Waals surface area contributed by atoms with Gasteiger partial charge in [0.05, 0.1) is 4.90 Å². The molecule has 0 aliphatic rings. The van der Waals surface area contributed by atoms with Gasteiger partial charge >= 0.3 is 0 Å². The number of alkyl halides is 1. The first kappa shape index (κ1) is 10.5. The summed E-state index contributed by atoms with van der Waals surface area (Å²) in [6.45, 7) is 0. The van der Waals surface area contributed by atoms with Crippen molar-refractivity contribution in [3.05, 3.63) is 29.6 Å². The van der Waals surface area contributed by atoms with Crippen molar-refractivity contribution in [2.45, 2.75) is 10.8 Å². The van der Waals surface area contributed by atoms with E-state index in [-0.39, 0.29) is 10.8 Å². The van der Waals surface area contributed by atoms with Gasteiger partial charge in [0.25, 0.3) is 0 Å². The van der Waals surface area contributed by atoms with Crippen molar-refractivity contribution in [2.24, 2.45) is 0 Å². The average molecular weight is 223 g/mol. The highest BCUT2D eigenvalue weighted by atomic mass is 35.5. The van der Waals surface area contributed by atoms with Crippen LogP contribution in [-0.4, -0.2) is 14.7 Å². The Morgan fingerprint density at radius 3 is 2.46 bits per heavy atom. The molecule has 5 heteroatoms. The van der Waals surface area contributed by atoms with Crippen molar-refractivity contribution in [1.29, 1.82) is 0 Å². The molecular weight excluding hydrogens is 215 g/mol. The lowest BCUT2D eigenvalue weighted by Gasteiger charge is -2.01. The summed E-state index contributed by atoms with van der Waals surface area (Å²) >= 11 is 5.46. The summed E-state index contributed by atoms with van der Waals surface area (Å²) in [6.07, 6.45) is 1.03. The summed E-state index contributed by atoms with van der Waals surface area (Å²) in [5.74, 6) is -0.487. The molecule has 13 heavy (non-hydrogen) atoms. The Morgan fingerprint density at radius 1 is 1.38 bits per heavy atom. The summed E-state index contributed by atoms with van der Waals surface area (Å²) in [6, 6.07) is 3.55. The molecule has 1 aromatic rings. The molecule has 0 bridgehead atoms. The molecule has 0 N–H and O–H groups in total. The molecule has 0 aliphatic heterocycles. The van der Waals surface area contributed by atoms with Crippen molar-refractivity contribution in [3.63, 3.8) is 0 Å². The van der Waals surface area contributed by atoms with E-state index in [0.29, 0.717) is 5.56 Å². The third-order valence-corrected chi connectivity index (χ3v) is 2.91. The van der Waals surface area contributed by atoms with Crippen LogP contribution in [-0.2, 0) is 15.7 Å². The van der Waals surface area contributed by atoms with E-state index >= 15 is 0 Å². The first-order valence-corrected chi connectivity index (χ1v) is 5.91. The van der Waals surface area contributed by atoms with Crippen LogP contribution in [0.25, 0.3) is 0 Å². The zero-order valence-electron chi connectivity index (χ0n) is 6.92. The third kappa shape index (κ3) is 2.67. The number of sulfone groups is 1. The molecule has 0 heterocycles. The van der Waals surface area contributed by atoms with Gasteiger partial charge in [-0.2, -0.15) is 0 Å². The van der Waals surface area contributed by atoms with Crippen molar-refractivity contribution in [1.82, 2.24) is 0 Å². The second kappa shape index (κ2) is 3.64. The van der Waals surface area contributed by atoms with Gasteiger partial charge in [-0.15, -0.1) is 11.6 Å². The Bertz CT molecular complexity index is 414. The first-order valence-electron chi connectivity index (χ1n) is 3.49. The maximum atomic E-state index is 12.8. The van der Waals surface area contributed by atoms with Gasteiger partial charge in [-0.3, -0.25) is 0 Å². The Kier molecular flexibility index (Phi) is 2.93. The molecule has 1 rings (SSSR count). The number of hydrogen-bond acceptors (Lipinski definition) is 2. The van der Waals surface area contributed by atoms with Crippen LogP contribution < -0.4 is 0 Å². The second-order valence-corrected chi connectivity index (χ2v) is 4.98. The van der Waals surface area contributed by atoms with E-state index in [1.165, 1.54) is 12.1 Å². The highest BCUT2D eigenvalue weighted by molar-refractivity contribution is 7.90. The predicted molar refractivity (Wildman–Crippen MR) is 49.1 cm³/mol. The molecule has 0 fully saturated rings. The van der Waals surface area contributed by atoms with Crippen LogP contribution in [0, 0.1) is 5.82 Å². The Labute approximate surface area is 81.3 Å². The molecular formula is C8H8ClFO2S. The van der Waals surface area contributed by atoms with Gasteiger partial charge in [0.15, 0.2) is 9.84 Å². The van der Waals surface area contributed by atoms with E-state index in [0.717, 1.165) is 12.3 Å². The van der Waals surface area contributed by atoms with E-state index < -0.39 is 15.7 Å². The lowest BCUT2D eigenvalue weighted by Crippen LogP contribution is -1.98. The van der Waals surface area contributed by atoms with E-state index in [1.807, 2.05) is 0 Å². The maximum absolute atomic E-state index is 12.8. The summed E-state index contributed by atoms with van der Waals surface area (Å²) in [5.41, 5.74) is 0.460. The number of benzene rings is 1. The molecule has 0 saturated carbocycles. The molecule has 0 unspecified atom stereocenters. The smallest absolute Gasteiger partial charge is 0.175 e. The number of rotatable bonds is 2. The summed E-state index contributed by atoms with van der Waals surface area (Å²) in [5, 5.41) is 0. The summed E-state index contributed by atoms with van der Waals surface area (Å²) < 4.78 is 34.9. The van der Waals surface area contributed by atoms with Crippen LogP contribution >= 0.6 is 11.6 Å². The van der Waals surface area contributed by atoms with Crippen molar-refractivity contribution >= 4 is 21.4 Å². The van der Waals surface area contributed by atoms with Crippen LogP contribution in [0.3, 0.4) is 0 Å². The molecule has 0 aliphatic carbocycles. The minimum absolute atomic E-state index is 0.0387. The average Bonchev–Trinajstić information content (AvgIpc) is 2.01. The highest BCUT2D eigenvalue weighted by Crippen LogP contribution is 2.15. The van der Waals surface area contributed by atoms with Gasteiger partial charge in [0, 0.05) is 12.1 Å². The summed E-state index contributed by atoms with van der Waals surface area (Å²) in [4.78, 5) is -0.0387. The maximum Gasteiger partial charge on any atom is 0.175 e. The van der Waals surface area contributed by atoms with Gasteiger partial charge in [0.1, 0.15) is 5.82 Å². The van der Waals surface area contributed by atoms with Crippen molar-refractivity contribution < 1.29 is 12.8 Å². The van der Waals surface area contributed by atoms with Gasteiger partial charge in [-0.05, 0) is 23.8 Å². The molecule has 72 valence electrons. The molecule has 1 aromatic carbocycles. The standard InChI is InChI=1S/C8H8ClFO2S/c1-13(11,12)8-3-6(5-9)2-7(10)4-8/h2-4H,5H2,1H3. The third-order valence-electron chi connectivity index (χ3n) is 1.51. The van der Waals surface area contributed by atoms with E-state index in [9.17, 15) is 12.8 Å². The number of halogens is 2. The van der Waals surface area contributed by atoms with Crippen LogP contribution in [0.5, 0.6) is 0 Å². The fraction of sp³-hybridized carbons (Fsp3) is 0.250. The molecule has 0 atom stereocenters. The lowest BCUT2D eigenvalue weighted by molar-refractivity contribution is 0.595. The Morgan fingerprint density at radius 2 is 2.00 bits per heavy atom. The van der Waals surface area contributed by atoms with Gasteiger partial charge in [-0.1, -0.05) is 0 Å². The minimum Gasteiger partial charge on any atom is -0.224 e. The first-order chi connectivity index (χ1) is 5.93. The molecule has 0 spiro atoms. The molecule has 2 nitrogen and oxygen atoms in total. The van der Waals surface area contributed by atoms with Crippen molar-refractivity contribution in [3.8, 4) is 0 Å². The molecule has 0 amide bonds. The van der Waals surface area contributed by atoms with Crippen LogP contribution in [0.1, 0.15) is 5.56 Å². The van der Waals surface area contributed by atoms with Crippen LogP contribution in [0.15, 0.2) is 23.1 Å². The highest BCUT2D eigenvalue weighted by Gasteiger charge is 2.09. The number of hydrogen-bond donors (Lipinski definition) is 0. The molecule has 0 saturated heterocycles. The zero-order valence-corrected chi connectivity index (χ0v) is 8.49. The summed E-state index contributed by atoms with van der Waals surface area (Å²) in [7, 11) is -3.36. The topological polar surface area (TPSA) is 34.1 Å². The lowest BCUT2D eigenvalue weighted by atomic mass is 10.2. The van der Waals surface area contributed by atoms with Gasteiger partial charge in [-0.25, -0.2) is 12.8 Å². The second-order valence-electron chi connectivity index (χ2n) is 2.70. The predicted octanol–water partition coefficient (Wildman–Crippen LogP) is 1.97. The van der Waals surface area contributed by atoms with Gasteiger partial charge in [0.2, 0.25) is 0 Å². The fourth-order valence-electron chi connectivity index (χ4n) is 0.912. The van der Waals surface area contributed by atoms with Gasteiger partial charge < -0.3 is 0 Å². The van der Waals surface area contributed by atoms with E-state index in [4.69, 9.17) is 11.6 Å². The van der Waals surface area contributed by atoms with E-state index in [1.54, 1.807) is 0 Å². The minimum atomic E-state index is -3.36. The zero-order chi connectivity index (χ0) is 10.1.